The third kappa shape index (κ3) is 5.57. The van der Waals surface area contributed by atoms with Crippen LogP contribution in [0.1, 0.15) is 12.6 Å². The summed E-state index contributed by atoms with van der Waals surface area (Å²) in [5.74, 6) is 0.814. The monoisotopic (exact) mass is 425 g/mol. The number of ether oxygens (including phenoxy) is 1. The third-order valence-electron chi connectivity index (χ3n) is 4.33. The number of nitrogens with zero attached hydrogens (tertiary/aromatic N) is 2. The second-order valence-electron chi connectivity index (χ2n) is 6.68. The van der Waals surface area contributed by atoms with Gasteiger partial charge in [-0.3, -0.25) is 14.1 Å². The third-order valence-corrected chi connectivity index (χ3v) is 5.57. The van der Waals surface area contributed by atoms with Crippen molar-refractivity contribution in [3.63, 3.8) is 0 Å². The number of benzene rings is 2. The van der Waals surface area contributed by atoms with E-state index in [0.717, 1.165) is 10.6 Å². The molecule has 8 heteroatoms. The Hall–Kier alpha value is -3.39. The molecule has 0 radical (unpaired) electrons. The molecule has 0 fully saturated rings. The highest BCUT2D eigenvalue weighted by atomic mass is 32.2. The Morgan fingerprint density at radius 2 is 1.63 bits per heavy atom. The number of para-hydroxylation sites is 1. The summed E-state index contributed by atoms with van der Waals surface area (Å²) in [4.78, 5) is 16.8. The highest BCUT2D eigenvalue weighted by Crippen LogP contribution is 2.26. The number of pyridine rings is 1. The quantitative estimate of drug-likeness (QED) is 0.598. The first kappa shape index (κ1) is 21.3. The van der Waals surface area contributed by atoms with Gasteiger partial charge in [0.2, 0.25) is 15.9 Å². The maximum Gasteiger partial charge on any atom is 0.243 e. The Morgan fingerprint density at radius 1 is 1.00 bits per heavy atom. The molecule has 0 aliphatic rings. The second-order valence-corrected chi connectivity index (χ2v) is 8.54. The molecule has 0 unspecified atom stereocenters. The Bertz CT molecular complexity index is 1070. The number of hydrogen-bond acceptors (Lipinski definition) is 5. The lowest BCUT2D eigenvalue weighted by atomic mass is 10.2. The lowest BCUT2D eigenvalue weighted by molar-refractivity contribution is -0.122. The molecule has 0 aliphatic carbocycles. The summed E-state index contributed by atoms with van der Waals surface area (Å²) in [5.41, 5.74) is 1.06. The van der Waals surface area contributed by atoms with E-state index in [0.29, 0.717) is 22.9 Å². The van der Waals surface area contributed by atoms with E-state index in [1.54, 1.807) is 49.5 Å². The van der Waals surface area contributed by atoms with Crippen LogP contribution in [-0.2, 0) is 21.4 Å². The lowest BCUT2D eigenvalue weighted by Gasteiger charge is -2.28. The van der Waals surface area contributed by atoms with Crippen LogP contribution in [0.15, 0.2) is 79.0 Å². The van der Waals surface area contributed by atoms with Crippen LogP contribution in [0, 0.1) is 0 Å². The maximum atomic E-state index is 12.6. The average molecular weight is 426 g/mol. The fourth-order valence-corrected chi connectivity index (χ4v) is 4.10. The molecule has 156 valence electrons. The first-order valence-corrected chi connectivity index (χ1v) is 11.2. The minimum Gasteiger partial charge on any atom is -0.457 e. The molecule has 1 amide bonds. The number of carbonyl (C=O) groups excluding carboxylic acids is 1. The van der Waals surface area contributed by atoms with E-state index in [1.165, 1.54) is 0 Å². The van der Waals surface area contributed by atoms with Gasteiger partial charge in [0.1, 0.15) is 17.5 Å². The summed E-state index contributed by atoms with van der Waals surface area (Å²) in [7, 11) is -3.70. The van der Waals surface area contributed by atoms with Crippen molar-refractivity contribution in [2.24, 2.45) is 0 Å². The van der Waals surface area contributed by atoms with Gasteiger partial charge in [0.15, 0.2) is 0 Å². The number of nitrogens with one attached hydrogen (secondary N) is 1. The largest absolute Gasteiger partial charge is 0.457 e. The van der Waals surface area contributed by atoms with Crippen molar-refractivity contribution in [1.82, 2.24) is 10.3 Å². The van der Waals surface area contributed by atoms with Gasteiger partial charge in [-0.2, -0.15) is 0 Å². The molecule has 0 spiro atoms. The number of sulfonamides is 1. The van der Waals surface area contributed by atoms with Crippen molar-refractivity contribution in [3.05, 3.63) is 84.7 Å². The SMILES string of the molecule is C[C@@H](C(=O)NCc1ccccn1)N(c1ccc(Oc2ccccc2)cc1)S(C)(=O)=O. The summed E-state index contributed by atoms with van der Waals surface area (Å²) in [6.45, 7) is 1.76. The number of amides is 1. The molecule has 0 saturated carbocycles. The van der Waals surface area contributed by atoms with E-state index in [2.05, 4.69) is 10.3 Å². The number of rotatable bonds is 8. The van der Waals surface area contributed by atoms with Gasteiger partial charge in [-0.25, -0.2) is 8.42 Å². The fraction of sp³-hybridized carbons (Fsp3) is 0.182. The van der Waals surface area contributed by atoms with Crippen LogP contribution in [0.4, 0.5) is 5.69 Å². The van der Waals surface area contributed by atoms with E-state index in [4.69, 9.17) is 4.74 Å². The molecule has 3 aromatic rings. The number of hydrogen-bond donors (Lipinski definition) is 1. The molecule has 0 bridgehead atoms. The standard InChI is InChI=1S/C22H23N3O4S/c1-17(22(26)24-16-18-8-6-7-15-23-18)25(30(2,27)28)19-11-13-21(14-12-19)29-20-9-4-3-5-10-20/h3-15,17H,16H2,1-2H3,(H,24,26)/t17-/m0/s1. The van der Waals surface area contributed by atoms with Crippen LogP contribution in [-0.4, -0.2) is 31.6 Å². The van der Waals surface area contributed by atoms with Crippen molar-refractivity contribution in [1.29, 1.82) is 0 Å². The predicted molar refractivity (Wildman–Crippen MR) is 116 cm³/mol. The van der Waals surface area contributed by atoms with Crippen LogP contribution < -0.4 is 14.4 Å². The van der Waals surface area contributed by atoms with Crippen molar-refractivity contribution in [2.45, 2.75) is 19.5 Å². The molecular weight excluding hydrogens is 402 g/mol. The minimum absolute atomic E-state index is 0.214. The molecule has 1 N–H and O–H groups in total. The van der Waals surface area contributed by atoms with E-state index < -0.39 is 22.0 Å². The zero-order valence-electron chi connectivity index (χ0n) is 16.7. The van der Waals surface area contributed by atoms with Gasteiger partial charge < -0.3 is 10.1 Å². The van der Waals surface area contributed by atoms with Crippen molar-refractivity contribution < 1.29 is 17.9 Å². The molecule has 7 nitrogen and oxygen atoms in total. The van der Waals surface area contributed by atoms with Crippen LogP contribution in [0.2, 0.25) is 0 Å². The van der Waals surface area contributed by atoms with E-state index in [9.17, 15) is 13.2 Å². The first-order valence-electron chi connectivity index (χ1n) is 9.34. The van der Waals surface area contributed by atoms with E-state index in [1.807, 2.05) is 36.4 Å². The predicted octanol–water partition coefficient (Wildman–Crippen LogP) is 3.34. The highest BCUT2D eigenvalue weighted by Gasteiger charge is 2.29. The summed E-state index contributed by atoms with van der Waals surface area (Å²) in [6, 6.07) is 20.3. The Labute approximate surface area is 176 Å². The summed E-state index contributed by atoms with van der Waals surface area (Å²) >= 11 is 0. The van der Waals surface area contributed by atoms with Gasteiger partial charge >= 0.3 is 0 Å². The zero-order chi connectivity index (χ0) is 21.6. The smallest absolute Gasteiger partial charge is 0.243 e. The topological polar surface area (TPSA) is 88.6 Å². The van der Waals surface area contributed by atoms with Crippen LogP contribution in [0.5, 0.6) is 11.5 Å². The number of aromatic nitrogens is 1. The molecule has 0 aliphatic heterocycles. The van der Waals surface area contributed by atoms with Crippen molar-refractivity contribution in [3.8, 4) is 11.5 Å². The molecule has 1 aromatic heterocycles. The van der Waals surface area contributed by atoms with Crippen LogP contribution in [0.3, 0.4) is 0 Å². The number of carbonyl (C=O) groups is 1. The van der Waals surface area contributed by atoms with Crippen LogP contribution in [0.25, 0.3) is 0 Å². The van der Waals surface area contributed by atoms with Gasteiger partial charge in [-0.05, 0) is 55.5 Å². The lowest BCUT2D eigenvalue weighted by Crippen LogP contribution is -2.47. The normalized spacial score (nSPS) is 12.1. The molecular formula is C22H23N3O4S. The van der Waals surface area contributed by atoms with Crippen LogP contribution >= 0.6 is 0 Å². The van der Waals surface area contributed by atoms with E-state index in [-0.39, 0.29) is 6.54 Å². The molecule has 30 heavy (non-hydrogen) atoms. The zero-order valence-corrected chi connectivity index (χ0v) is 17.5. The molecule has 1 heterocycles. The summed E-state index contributed by atoms with van der Waals surface area (Å²) < 4.78 is 31.7. The Kier molecular flexibility index (Phi) is 6.68. The molecule has 0 saturated heterocycles. The van der Waals surface area contributed by atoms with Gasteiger partial charge in [-0.1, -0.05) is 24.3 Å². The second kappa shape index (κ2) is 9.41. The number of anilines is 1. The van der Waals surface area contributed by atoms with Gasteiger partial charge in [0.05, 0.1) is 24.2 Å². The highest BCUT2D eigenvalue weighted by molar-refractivity contribution is 7.92. The van der Waals surface area contributed by atoms with Crippen molar-refractivity contribution >= 4 is 21.6 Å². The Balaban J connectivity index is 1.74. The Morgan fingerprint density at radius 3 is 2.23 bits per heavy atom. The molecule has 3 rings (SSSR count). The van der Waals surface area contributed by atoms with Gasteiger partial charge in [0.25, 0.3) is 0 Å². The average Bonchev–Trinajstić information content (AvgIpc) is 2.74. The summed E-state index contributed by atoms with van der Waals surface area (Å²) in [6.07, 6.45) is 2.71. The van der Waals surface area contributed by atoms with Crippen molar-refractivity contribution in [2.75, 3.05) is 10.6 Å². The minimum atomic E-state index is -3.70. The molecule has 2 aromatic carbocycles. The van der Waals surface area contributed by atoms with Gasteiger partial charge in [0, 0.05) is 6.20 Å². The molecule has 1 atom stereocenters. The first-order chi connectivity index (χ1) is 14.3. The maximum absolute atomic E-state index is 12.6. The van der Waals surface area contributed by atoms with Gasteiger partial charge in [-0.15, -0.1) is 0 Å². The fourth-order valence-electron chi connectivity index (χ4n) is 2.92. The van der Waals surface area contributed by atoms with E-state index >= 15 is 0 Å². The summed E-state index contributed by atoms with van der Waals surface area (Å²) in [5, 5.41) is 2.73.